The summed E-state index contributed by atoms with van der Waals surface area (Å²) in [5, 5.41) is 0. The summed E-state index contributed by atoms with van der Waals surface area (Å²) in [7, 11) is 0. The molecule has 0 spiro atoms. The lowest BCUT2D eigenvalue weighted by molar-refractivity contribution is -0.140. The number of halogens is 3. The summed E-state index contributed by atoms with van der Waals surface area (Å²) in [6.45, 7) is 0. The van der Waals surface area contributed by atoms with Gasteiger partial charge in [0.2, 0.25) is 0 Å². The van der Waals surface area contributed by atoms with Gasteiger partial charge in [0.15, 0.2) is 0 Å². The number of alkyl halides is 3. The molecule has 3 nitrogen and oxygen atoms in total. The number of hydrazine groups is 1. The second-order valence-electron chi connectivity index (χ2n) is 2.60. The first-order valence-electron chi connectivity index (χ1n) is 3.58. The summed E-state index contributed by atoms with van der Waals surface area (Å²) in [6.07, 6.45) is -2.72. The van der Waals surface area contributed by atoms with Gasteiger partial charge in [-0.1, -0.05) is 0 Å². The Morgan fingerprint density at radius 1 is 1.54 bits per heavy atom. The normalized spacial score (nSPS) is 14.5. The van der Waals surface area contributed by atoms with Crippen LogP contribution in [0.3, 0.4) is 0 Å². The van der Waals surface area contributed by atoms with Crippen molar-refractivity contribution in [2.24, 2.45) is 5.84 Å². The summed E-state index contributed by atoms with van der Waals surface area (Å²) in [6, 6.07) is 0.495. The fourth-order valence-corrected chi connectivity index (χ4v) is 0.978. The second kappa shape index (κ2) is 3.80. The molecule has 0 aliphatic heterocycles. The van der Waals surface area contributed by atoms with Gasteiger partial charge in [-0.25, -0.2) is 0 Å². The second-order valence-corrected chi connectivity index (χ2v) is 2.60. The van der Waals surface area contributed by atoms with E-state index in [1.807, 2.05) is 0 Å². The van der Waals surface area contributed by atoms with Crippen LogP contribution in [-0.2, 0) is 0 Å². The highest BCUT2D eigenvalue weighted by atomic mass is 19.4. The first-order chi connectivity index (χ1) is 6.03. The number of hydrogen-bond acceptors (Lipinski definition) is 3. The molecule has 0 saturated heterocycles. The maximum atomic E-state index is 12.0. The number of hydrogen-bond donors (Lipinski definition) is 2. The van der Waals surface area contributed by atoms with Gasteiger partial charge in [-0.15, -0.1) is 0 Å². The molecule has 1 aromatic rings. The zero-order valence-corrected chi connectivity index (χ0v) is 6.64. The molecule has 13 heavy (non-hydrogen) atoms. The van der Waals surface area contributed by atoms with Crippen molar-refractivity contribution in [1.82, 2.24) is 5.43 Å². The maximum absolute atomic E-state index is 12.0. The van der Waals surface area contributed by atoms with Crippen LogP contribution in [0.4, 0.5) is 13.2 Å². The van der Waals surface area contributed by atoms with Gasteiger partial charge in [0.25, 0.3) is 0 Å². The molecule has 0 radical (unpaired) electrons. The van der Waals surface area contributed by atoms with Gasteiger partial charge in [0.05, 0.1) is 25.0 Å². The van der Waals surface area contributed by atoms with Crippen molar-refractivity contribution in [2.75, 3.05) is 0 Å². The molecule has 0 amide bonds. The Morgan fingerprint density at radius 3 is 2.62 bits per heavy atom. The molecular formula is C7H9F3N2O. The van der Waals surface area contributed by atoms with Crippen LogP contribution in [0.15, 0.2) is 23.0 Å². The first kappa shape index (κ1) is 10.1. The zero-order chi connectivity index (χ0) is 9.90. The Bertz CT molecular complexity index is 245. The van der Waals surface area contributed by atoms with E-state index in [0.717, 1.165) is 0 Å². The van der Waals surface area contributed by atoms with Gasteiger partial charge >= 0.3 is 6.18 Å². The Hall–Kier alpha value is -1.01. The summed E-state index contributed by atoms with van der Waals surface area (Å²) >= 11 is 0. The van der Waals surface area contributed by atoms with Crippen molar-refractivity contribution in [3.05, 3.63) is 24.2 Å². The van der Waals surface area contributed by atoms with Crippen LogP contribution in [0.2, 0.25) is 0 Å². The fraction of sp³-hybridized carbons (Fsp3) is 0.429. The van der Waals surface area contributed by atoms with Crippen LogP contribution in [0, 0.1) is 0 Å². The van der Waals surface area contributed by atoms with Gasteiger partial charge in [-0.05, 0) is 6.07 Å². The van der Waals surface area contributed by atoms with Crippen LogP contribution < -0.4 is 11.3 Å². The molecule has 0 aromatic carbocycles. The van der Waals surface area contributed by atoms with Gasteiger partial charge in [-0.2, -0.15) is 13.2 Å². The molecule has 0 aliphatic rings. The van der Waals surface area contributed by atoms with E-state index in [4.69, 9.17) is 5.84 Å². The quantitative estimate of drug-likeness (QED) is 0.569. The van der Waals surface area contributed by atoms with Crippen molar-refractivity contribution in [1.29, 1.82) is 0 Å². The van der Waals surface area contributed by atoms with E-state index in [1.165, 1.54) is 18.6 Å². The van der Waals surface area contributed by atoms with Crippen molar-refractivity contribution < 1.29 is 17.6 Å². The Kier molecular flexibility index (Phi) is 2.94. The highest BCUT2D eigenvalue weighted by Crippen LogP contribution is 2.28. The third-order valence-electron chi connectivity index (χ3n) is 1.58. The Morgan fingerprint density at radius 2 is 2.23 bits per heavy atom. The summed E-state index contributed by atoms with van der Waals surface area (Å²) < 4.78 is 40.5. The lowest BCUT2D eigenvalue weighted by atomic mass is 10.1. The van der Waals surface area contributed by atoms with E-state index in [2.05, 4.69) is 9.84 Å². The van der Waals surface area contributed by atoms with Crippen molar-refractivity contribution >= 4 is 0 Å². The molecule has 1 rings (SSSR count). The molecule has 1 atom stereocenters. The molecule has 74 valence electrons. The Balaban J connectivity index is 2.64. The van der Waals surface area contributed by atoms with Gasteiger partial charge < -0.3 is 4.42 Å². The van der Waals surface area contributed by atoms with Crippen molar-refractivity contribution in [3.8, 4) is 0 Å². The standard InChI is InChI=1S/C7H9F3N2O/c8-7(9,10)3-6(12-11)5-1-2-13-4-5/h1-2,4,6,12H,3,11H2. The molecule has 1 heterocycles. The average molecular weight is 194 g/mol. The smallest absolute Gasteiger partial charge is 0.390 e. The van der Waals surface area contributed by atoms with E-state index >= 15 is 0 Å². The number of rotatable bonds is 3. The Labute approximate surface area is 72.7 Å². The first-order valence-corrected chi connectivity index (χ1v) is 3.58. The molecule has 0 aliphatic carbocycles. The van der Waals surface area contributed by atoms with Gasteiger partial charge in [0.1, 0.15) is 0 Å². The van der Waals surface area contributed by atoms with E-state index < -0.39 is 18.6 Å². The number of nitrogens with two attached hydrogens (primary N) is 1. The zero-order valence-electron chi connectivity index (χ0n) is 6.64. The largest absolute Gasteiger partial charge is 0.472 e. The summed E-state index contributed by atoms with van der Waals surface area (Å²) in [5.74, 6) is 4.98. The molecule has 3 N–H and O–H groups in total. The number of furan rings is 1. The summed E-state index contributed by atoms with van der Waals surface area (Å²) in [4.78, 5) is 0. The molecule has 0 saturated carbocycles. The lowest BCUT2D eigenvalue weighted by Gasteiger charge is -2.15. The highest BCUT2D eigenvalue weighted by molar-refractivity contribution is 5.11. The molecule has 1 aromatic heterocycles. The minimum absolute atomic E-state index is 0.389. The predicted molar refractivity (Wildman–Crippen MR) is 39.4 cm³/mol. The SMILES string of the molecule is NNC(CC(F)(F)F)c1ccoc1. The van der Waals surface area contributed by atoms with Crippen LogP contribution in [0.5, 0.6) is 0 Å². The predicted octanol–water partition coefficient (Wildman–Crippen LogP) is 1.74. The average Bonchev–Trinajstić information content (AvgIpc) is 2.50. The van der Waals surface area contributed by atoms with Crippen molar-refractivity contribution in [3.63, 3.8) is 0 Å². The minimum atomic E-state index is -4.24. The van der Waals surface area contributed by atoms with E-state index in [0.29, 0.717) is 5.56 Å². The van der Waals surface area contributed by atoms with Crippen LogP contribution in [0.1, 0.15) is 18.0 Å². The van der Waals surface area contributed by atoms with Gasteiger partial charge in [-0.3, -0.25) is 11.3 Å². The molecule has 0 bridgehead atoms. The third kappa shape index (κ3) is 3.08. The minimum Gasteiger partial charge on any atom is -0.472 e. The molecular weight excluding hydrogens is 185 g/mol. The van der Waals surface area contributed by atoms with Crippen LogP contribution in [-0.4, -0.2) is 6.18 Å². The molecule has 1 unspecified atom stereocenters. The van der Waals surface area contributed by atoms with Crippen molar-refractivity contribution in [2.45, 2.75) is 18.6 Å². The van der Waals surface area contributed by atoms with Crippen LogP contribution >= 0.6 is 0 Å². The topological polar surface area (TPSA) is 51.2 Å². The van der Waals surface area contributed by atoms with Gasteiger partial charge in [0, 0.05) is 5.56 Å². The molecule has 0 fully saturated rings. The van der Waals surface area contributed by atoms with Crippen LogP contribution in [0.25, 0.3) is 0 Å². The third-order valence-corrected chi connectivity index (χ3v) is 1.58. The fourth-order valence-electron chi connectivity index (χ4n) is 0.978. The van der Waals surface area contributed by atoms with E-state index in [1.54, 1.807) is 0 Å². The number of nitrogens with one attached hydrogen (secondary N) is 1. The summed E-state index contributed by atoms with van der Waals surface area (Å²) in [5.41, 5.74) is 2.47. The highest BCUT2D eigenvalue weighted by Gasteiger charge is 2.32. The van der Waals surface area contributed by atoms with E-state index in [9.17, 15) is 13.2 Å². The lowest BCUT2D eigenvalue weighted by Crippen LogP contribution is -2.31. The van der Waals surface area contributed by atoms with E-state index in [-0.39, 0.29) is 0 Å². The monoisotopic (exact) mass is 194 g/mol. The maximum Gasteiger partial charge on any atom is 0.390 e. The molecule has 6 heteroatoms.